The minimum absolute atomic E-state index is 0.490. The van der Waals surface area contributed by atoms with Crippen molar-refractivity contribution >= 4 is 0 Å². The van der Waals surface area contributed by atoms with Crippen LogP contribution in [0.3, 0.4) is 0 Å². The zero-order chi connectivity index (χ0) is 11.6. The van der Waals surface area contributed by atoms with Crippen molar-refractivity contribution in [2.24, 2.45) is 0 Å². The van der Waals surface area contributed by atoms with Crippen LogP contribution in [0.4, 0.5) is 0 Å². The lowest BCUT2D eigenvalue weighted by Gasteiger charge is -2.17. The predicted octanol–water partition coefficient (Wildman–Crippen LogP) is 3.15. The molecular formula is C14H23NO. The van der Waals surface area contributed by atoms with Gasteiger partial charge in [0.05, 0.1) is 0 Å². The number of hydrogen-bond acceptors (Lipinski definition) is 2. The minimum atomic E-state index is 0.490. The van der Waals surface area contributed by atoms with Crippen molar-refractivity contribution < 1.29 is 4.74 Å². The fourth-order valence-electron chi connectivity index (χ4n) is 1.83. The quantitative estimate of drug-likeness (QED) is 0.681. The average molecular weight is 221 g/mol. The molecule has 1 atom stereocenters. The van der Waals surface area contributed by atoms with E-state index in [2.05, 4.69) is 42.6 Å². The summed E-state index contributed by atoms with van der Waals surface area (Å²) in [6.45, 7) is 4.15. The van der Waals surface area contributed by atoms with Crippen molar-refractivity contribution in [1.82, 2.24) is 5.32 Å². The van der Waals surface area contributed by atoms with E-state index in [-0.39, 0.29) is 0 Å². The van der Waals surface area contributed by atoms with E-state index in [1.807, 2.05) is 0 Å². The second-order valence-corrected chi connectivity index (χ2v) is 4.03. The number of unbranched alkanes of at least 4 members (excludes halogenated alkanes) is 1. The molecule has 90 valence electrons. The molecule has 1 unspecified atom stereocenters. The molecule has 0 aliphatic carbocycles. The summed E-state index contributed by atoms with van der Waals surface area (Å²) in [5.41, 5.74) is 1.39. The SMILES string of the molecule is CCC(NCCCCOC)c1ccccc1. The topological polar surface area (TPSA) is 21.3 Å². The van der Waals surface area contributed by atoms with Gasteiger partial charge >= 0.3 is 0 Å². The summed E-state index contributed by atoms with van der Waals surface area (Å²) in [6, 6.07) is 11.1. The summed E-state index contributed by atoms with van der Waals surface area (Å²) in [5, 5.41) is 3.59. The summed E-state index contributed by atoms with van der Waals surface area (Å²) in [7, 11) is 1.76. The third kappa shape index (κ3) is 4.77. The van der Waals surface area contributed by atoms with E-state index in [0.717, 1.165) is 26.0 Å². The number of methoxy groups -OCH3 is 1. The highest BCUT2D eigenvalue weighted by atomic mass is 16.5. The molecule has 0 spiro atoms. The van der Waals surface area contributed by atoms with E-state index < -0.39 is 0 Å². The smallest absolute Gasteiger partial charge is 0.0462 e. The highest BCUT2D eigenvalue weighted by Gasteiger charge is 2.06. The van der Waals surface area contributed by atoms with Crippen molar-refractivity contribution in [3.05, 3.63) is 35.9 Å². The summed E-state index contributed by atoms with van der Waals surface area (Å²) < 4.78 is 5.03. The van der Waals surface area contributed by atoms with Gasteiger partial charge in [-0.2, -0.15) is 0 Å². The minimum Gasteiger partial charge on any atom is -0.385 e. The third-order valence-corrected chi connectivity index (χ3v) is 2.78. The molecule has 2 heteroatoms. The highest BCUT2D eigenvalue weighted by molar-refractivity contribution is 5.18. The van der Waals surface area contributed by atoms with Gasteiger partial charge in [0.1, 0.15) is 0 Å². The van der Waals surface area contributed by atoms with E-state index in [4.69, 9.17) is 4.74 Å². The maximum absolute atomic E-state index is 5.03. The zero-order valence-corrected chi connectivity index (χ0v) is 10.4. The van der Waals surface area contributed by atoms with E-state index >= 15 is 0 Å². The maximum atomic E-state index is 5.03. The van der Waals surface area contributed by atoms with E-state index in [9.17, 15) is 0 Å². The second-order valence-electron chi connectivity index (χ2n) is 4.03. The second kappa shape index (κ2) is 8.31. The Labute approximate surface area is 99.0 Å². The Balaban J connectivity index is 2.27. The molecule has 0 radical (unpaired) electrons. The molecule has 0 amide bonds. The van der Waals surface area contributed by atoms with Crippen molar-refractivity contribution in [2.45, 2.75) is 32.2 Å². The number of rotatable bonds is 8. The van der Waals surface area contributed by atoms with Crippen LogP contribution in [-0.4, -0.2) is 20.3 Å². The molecule has 0 fully saturated rings. The molecule has 1 aromatic carbocycles. The molecule has 0 saturated heterocycles. The molecule has 0 aliphatic rings. The molecule has 1 rings (SSSR count). The molecule has 0 aromatic heterocycles. The molecule has 0 bridgehead atoms. The van der Waals surface area contributed by atoms with Crippen molar-refractivity contribution in [1.29, 1.82) is 0 Å². The van der Waals surface area contributed by atoms with Gasteiger partial charge in [0.2, 0.25) is 0 Å². The Bertz CT molecular complexity index is 261. The normalized spacial score (nSPS) is 12.6. The van der Waals surface area contributed by atoms with Crippen LogP contribution in [0.2, 0.25) is 0 Å². The monoisotopic (exact) mass is 221 g/mol. The first kappa shape index (κ1) is 13.2. The Morgan fingerprint density at radius 1 is 1.19 bits per heavy atom. The Morgan fingerprint density at radius 2 is 1.94 bits per heavy atom. The lowest BCUT2D eigenvalue weighted by Crippen LogP contribution is -2.22. The van der Waals surface area contributed by atoms with Gasteiger partial charge in [-0.05, 0) is 31.4 Å². The Hall–Kier alpha value is -0.860. The largest absolute Gasteiger partial charge is 0.385 e. The number of ether oxygens (including phenoxy) is 1. The molecule has 1 aromatic rings. The first-order valence-electron chi connectivity index (χ1n) is 6.15. The van der Waals surface area contributed by atoms with Crippen LogP contribution >= 0.6 is 0 Å². The molecule has 0 aliphatic heterocycles. The zero-order valence-electron chi connectivity index (χ0n) is 10.4. The summed E-state index contributed by atoms with van der Waals surface area (Å²) >= 11 is 0. The molecular weight excluding hydrogens is 198 g/mol. The highest BCUT2D eigenvalue weighted by Crippen LogP contribution is 2.15. The van der Waals surface area contributed by atoms with Gasteiger partial charge in [-0.3, -0.25) is 0 Å². The molecule has 0 heterocycles. The summed E-state index contributed by atoms with van der Waals surface area (Å²) in [4.78, 5) is 0. The van der Waals surface area contributed by atoms with Gasteiger partial charge < -0.3 is 10.1 Å². The summed E-state index contributed by atoms with van der Waals surface area (Å²) in [6.07, 6.45) is 3.44. The average Bonchev–Trinajstić information content (AvgIpc) is 2.35. The van der Waals surface area contributed by atoms with Crippen molar-refractivity contribution in [3.8, 4) is 0 Å². The van der Waals surface area contributed by atoms with Crippen LogP contribution in [-0.2, 0) is 4.74 Å². The van der Waals surface area contributed by atoms with Crippen LogP contribution in [0, 0.1) is 0 Å². The number of nitrogens with one attached hydrogen (secondary N) is 1. The molecule has 0 saturated carbocycles. The van der Waals surface area contributed by atoms with Gasteiger partial charge in [0, 0.05) is 19.8 Å². The fraction of sp³-hybridized carbons (Fsp3) is 0.571. The Morgan fingerprint density at radius 3 is 2.56 bits per heavy atom. The maximum Gasteiger partial charge on any atom is 0.0462 e. The Kier molecular flexibility index (Phi) is 6.86. The predicted molar refractivity (Wildman–Crippen MR) is 68.6 cm³/mol. The van der Waals surface area contributed by atoms with E-state index in [1.54, 1.807) is 7.11 Å². The first-order chi connectivity index (χ1) is 7.88. The number of benzene rings is 1. The van der Waals surface area contributed by atoms with Gasteiger partial charge in [0.25, 0.3) is 0 Å². The van der Waals surface area contributed by atoms with Crippen molar-refractivity contribution in [3.63, 3.8) is 0 Å². The lowest BCUT2D eigenvalue weighted by atomic mass is 10.0. The van der Waals surface area contributed by atoms with E-state index in [0.29, 0.717) is 6.04 Å². The van der Waals surface area contributed by atoms with E-state index in [1.165, 1.54) is 12.0 Å². The summed E-state index contributed by atoms with van der Waals surface area (Å²) in [5.74, 6) is 0. The third-order valence-electron chi connectivity index (χ3n) is 2.78. The van der Waals surface area contributed by atoms with Crippen molar-refractivity contribution in [2.75, 3.05) is 20.3 Å². The van der Waals surface area contributed by atoms with Gasteiger partial charge in [-0.25, -0.2) is 0 Å². The first-order valence-corrected chi connectivity index (χ1v) is 6.15. The van der Waals surface area contributed by atoms with Crippen LogP contribution < -0.4 is 5.32 Å². The molecule has 1 N–H and O–H groups in total. The molecule has 2 nitrogen and oxygen atoms in total. The standard InChI is InChI=1S/C14H23NO/c1-3-14(13-9-5-4-6-10-13)15-11-7-8-12-16-2/h4-6,9-10,14-15H,3,7-8,11-12H2,1-2H3. The van der Waals surface area contributed by atoms with Crippen LogP contribution in [0.25, 0.3) is 0 Å². The van der Waals surface area contributed by atoms with Crippen LogP contribution in [0.5, 0.6) is 0 Å². The van der Waals surface area contributed by atoms with Gasteiger partial charge in [-0.1, -0.05) is 37.3 Å². The molecule has 16 heavy (non-hydrogen) atoms. The lowest BCUT2D eigenvalue weighted by molar-refractivity contribution is 0.192. The van der Waals surface area contributed by atoms with Gasteiger partial charge in [0.15, 0.2) is 0 Å². The fourth-order valence-corrected chi connectivity index (χ4v) is 1.83. The van der Waals surface area contributed by atoms with Crippen LogP contribution in [0.1, 0.15) is 37.8 Å². The van der Waals surface area contributed by atoms with Gasteiger partial charge in [-0.15, -0.1) is 0 Å². The number of hydrogen-bond donors (Lipinski definition) is 1. The van der Waals surface area contributed by atoms with Crippen LogP contribution in [0.15, 0.2) is 30.3 Å².